The summed E-state index contributed by atoms with van der Waals surface area (Å²) in [6.45, 7) is 4.03. The first-order chi connectivity index (χ1) is 12.3. The van der Waals surface area contributed by atoms with Gasteiger partial charge in [0.2, 0.25) is 10.0 Å². The zero-order valence-electron chi connectivity index (χ0n) is 14.5. The van der Waals surface area contributed by atoms with Gasteiger partial charge in [-0.25, -0.2) is 17.5 Å². The molecule has 3 rings (SSSR count). The van der Waals surface area contributed by atoms with Crippen molar-refractivity contribution in [2.45, 2.75) is 25.6 Å². The smallest absolute Gasteiger partial charge is 0.215 e. The summed E-state index contributed by atoms with van der Waals surface area (Å²) in [4.78, 5) is 1.02. The highest BCUT2D eigenvalue weighted by molar-refractivity contribution is 7.88. The summed E-state index contributed by atoms with van der Waals surface area (Å²) in [7, 11) is -3.60. The maximum atomic E-state index is 13.3. The van der Waals surface area contributed by atoms with E-state index in [4.69, 9.17) is 0 Å². The molecule has 0 saturated heterocycles. The van der Waals surface area contributed by atoms with E-state index in [1.807, 2.05) is 42.1 Å². The van der Waals surface area contributed by atoms with E-state index in [1.54, 1.807) is 17.4 Å². The third-order valence-electron chi connectivity index (χ3n) is 3.95. The van der Waals surface area contributed by atoms with Crippen LogP contribution in [0.1, 0.15) is 27.9 Å². The monoisotopic (exact) mass is 393 g/mol. The number of rotatable bonds is 7. The van der Waals surface area contributed by atoms with Crippen LogP contribution >= 0.6 is 11.3 Å². The lowest BCUT2D eigenvalue weighted by Gasteiger charge is -2.19. The van der Waals surface area contributed by atoms with Gasteiger partial charge in [-0.3, -0.25) is 4.68 Å². The third kappa shape index (κ3) is 4.57. The van der Waals surface area contributed by atoms with Crippen molar-refractivity contribution in [3.8, 4) is 0 Å². The molecule has 3 aromatic rings. The predicted molar refractivity (Wildman–Crippen MR) is 101 cm³/mol. The minimum atomic E-state index is -3.60. The van der Waals surface area contributed by atoms with E-state index >= 15 is 0 Å². The minimum Gasteiger partial charge on any atom is -0.260 e. The normalized spacial score (nSPS) is 13.0. The Balaban J connectivity index is 1.78. The number of thiophene rings is 1. The second kappa shape index (κ2) is 7.69. The van der Waals surface area contributed by atoms with Gasteiger partial charge >= 0.3 is 0 Å². The standard InChI is InChI=1S/C18H20FN3O2S2/c1-13-9-14(2)22(21-13)17(18-7-4-8-25-18)11-20-26(23,24)12-15-5-3-6-16(19)10-15/h3-10,17,20H,11-12H2,1-2H3/t17-/m1/s1. The lowest BCUT2D eigenvalue weighted by molar-refractivity contribution is 0.499. The molecule has 2 aromatic heterocycles. The molecular formula is C18H20FN3O2S2. The summed E-state index contributed by atoms with van der Waals surface area (Å²) in [6.07, 6.45) is 0. The number of halogens is 1. The van der Waals surface area contributed by atoms with Crippen molar-refractivity contribution in [1.82, 2.24) is 14.5 Å². The first-order valence-corrected chi connectivity index (χ1v) is 10.7. The van der Waals surface area contributed by atoms with E-state index in [0.717, 1.165) is 16.3 Å². The van der Waals surface area contributed by atoms with E-state index in [-0.39, 0.29) is 18.3 Å². The third-order valence-corrected chi connectivity index (χ3v) is 6.25. The Morgan fingerprint density at radius 1 is 1.23 bits per heavy atom. The molecule has 0 amide bonds. The number of hydrogen-bond acceptors (Lipinski definition) is 4. The summed E-state index contributed by atoms with van der Waals surface area (Å²) in [5.74, 6) is -0.712. The van der Waals surface area contributed by atoms with Crippen LogP contribution in [0.5, 0.6) is 0 Å². The van der Waals surface area contributed by atoms with E-state index < -0.39 is 15.8 Å². The van der Waals surface area contributed by atoms with Gasteiger partial charge in [-0.2, -0.15) is 5.10 Å². The quantitative estimate of drug-likeness (QED) is 0.669. The highest BCUT2D eigenvalue weighted by Gasteiger charge is 2.21. The number of benzene rings is 1. The van der Waals surface area contributed by atoms with Crippen LogP contribution < -0.4 is 4.72 Å². The Hall–Kier alpha value is -2.03. The Morgan fingerprint density at radius 3 is 2.65 bits per heavy atom. The molecule has 5 nitrogen and oxygen atoms in total. The Kier molecular flexibility index (Phi) is 5.55. The van der Waals surface area contributed by atoms with Gasteiger partial charge in [0.25, 0.3) is 0 Å². The van der Waals surface area contributed by atoms with Gasteiger partial charge < -0.3 is 0 Å². The fourth-order valence-electron chi connectivity index (χ4n) is 2.85. The summed E-state index contributed by atoms with van der Waals surface area (Å²) < 4.78 is 42.7. The van der Waals surface area contributed by atoms with Crippen molar-refractivity contribution < 1.29 is 12.8 Å². The van der Waals surface area contributed by atoms with Gasteiger partial charge in [0.1, 0.15) is 5.82 Å². The second-order valence-electron chi connectivity index (χ2n) is 6.14. The van der Waals surface area contributed by atoms with Crippen LogP contribution in [0.4, 0.5) is 4.39 Å². The van der Waals surface area contributed by atoms with Gasteiger partial charge in [-0.05, 0) is 49.1 Å². The fourth-order valence-corrected chi connectivity index (χ4v) is 4.80. The Labute approximate surface area is 156 Å². The van der Waals surface area contributed by atoms with E-state index in [0.29, 0.717) is 5.56 Å². The Bertz CT molecular complexity index is 982. The molecule has 0 fully saturated rings. The molecule has 26 heavy (non-hydrogen) atoms. The highest BCUT2D eigenvalue weighted by atomic mass is 32.2. The molecule has 0 bridgehead atoms. The molecule has 8 heteroatoms. The zero-order chi connectivity index (χ0) is 18.7. The largest absolute Gasteiger partial charge is 0.260 e. The second-order valence-corrected chi connectivity index (χ2v) is 8.93. The van der Waals surface area contributed by atoms with Crippen LogP contribution in [0, 0.1) is 19.7 Å². The fraction of sp³-hybridized carbons (Fsp3) is 0.278. The number of sulfonamides is 1. The van der Waals surface area contributed by atoms with Crippen LogP contribution in [0.15, 0.2) is 47.8 Å². The highest BCUT2D eigenvalue weighted by Crippen LogP contribution is 2.24. The number of nitrogens with one attached hydrogen (secondary N) is 1. The van der Waals surface area contributed by atoms with Gasteiger partial charge in [0, 0.05) is 17.1 Å². The van der Waals surface area contributed by atoms with Gasteiger partial charge in [-0.1, -0.05) is 18.2 Å². The van der Waals surface area contributed by atoms with Gasteiger partial charge in [0.15, 0.2) is 0 Å². The van der Waals surface area contributed by atoms with E-state index in [9.17, 15) is 12.8 Å². The SMILES string of the molecule is Cc1cc(C)n([C@H](CNS(=O)(=O)Cc2cccc(F)c2)c2cccs2)n1. The minimum absolute atomic E-state index is 0.181. The van der Waals surface area contributed by atoms with Crippen molar-refractivity contribution in [3.05, 3.63) is 75.5 Å². The number of aromatic nitrogens is 2. The van der Waals surface area contributed by atoms with Crippen molar-refractivity contribution in [1.29, 1.82) is 0 Å². The van der Waals surface area contributed by atoms with Crippen molar-refractivity contribution in [2.24, 2.45) is 0 Å². The number of hydrogen-bond donors (Lipinski definition) is 1. The zero-order valence-corrected chi connectivity index (χ0v) is 16.1. The summed E-state index contributed by atoms with van der Waals surface area (Å²) in [5.41, 5.74) is 2.26. The van der Waals surface area contributed by atoms with E-state index in [1.165, 1.54) is 18.2 Å². The van der Waals surface area contributed by atoms with Gasteiger partial charge in [0.05, 0.1) is 17.5 Å². The van der Waals surface area contributed by atoms with E-state index in [2.05, 4.69) is 9.82 Å². The van der Waals surface area contributed by atoms with Crippen LogP contribution in [0.25, 0.3) is 0 Å². The molecule has 2 heterocycles. The van der Waals surface area contributed by atoms with Crippen LogP contribution in [-0.2, 0) is 15.8 Å². The summed E-state index contributed by atoms with van der Waals surface area (Å²) in [5, 5.41) is 6.46. The molecule has 138 valence electrons. The molecule has 0 aliphatic heterocycles. The Morgan fingerprint density at radius 2 is 2.04 bits per heavy atom. The van der Waals surface area contributed by atoms with Crippen molar-refractivity contribution in [3.63, 3.8) is 0 Å². The molecule has 0 spiro atoms. The van der Waals surface area contributed by atoms with Crippen LogP contribution in [0.3, 0.4) is 0 Å². The van der Waals surface area contributed by atoms with Crippen LogP contribution in [-0.4, -0.2) is 24.7 Å². The maximum absolute atomic E-state index is 13.3. The molecule has 0 unspecified atom stereocenters. The number of aryl methyl sites for hydroxylation is 2. The predicted octanol–water partition coefficient (Wildman–Crippen LogP) is 3.41. The molecule has 1 atom stereocenters. The van der Waals surface area contributed by atoms with Crippen LogP contribution in [0.2, 0.25) is 0 Å². The lowest BCUT2D eigenvalue weighted by atomic mass is 10.2. The first kappa shape index (κ1) is 18.8. The lowest BCUT2D eigenvalue weighted by Crippen LogP contribution is -2.32. The molecular weight excluding hydrogens is 373 g/mol. The molecule has 1 aromatic carbocycles. The average molecular weight is 394 g/mol. The molecule has 0 saturated carbocycles. The number of nitrogens with zero attached hydrogens (tertiary/aromatic N) is 2. The first-order valence-electron chi connectivity index (χ1n) is 8.12. The summed E-state index contributed by atoms with van der Waals surface area (Å²) in [6, 6.07) is 11.3. The molecule has 0 radical (unpaired) electrons. The maximum Gasteiger partial charge on any atom is 0.215 e. The molecule has 0 aliphatic carbocycles. The van der Waals surface area contributed by atoms with Crippen molar-refractivity contribution in [2.75, 3.05) is 6.54 Å². The topological polar surface area (TPSA) is 64.0 Å². The van der Waals surface area contributed by atoms with Gasteiger partial charge in [-0.15, -0.1) is 11.3 Å². The molecule has 0 aliphatic rings. The van der Waals surface area contributed by atoms with Crippen molar-refractivity contribution >= 4 is 21.4 Å². The average Bonchev–Trinajstić information content (AvgIpc) is 3.18. The molecule has 1 N–H and O–H groups in total. The summed E-state index contributed by atoms with van der Waals surface area (Å²) >= 11 is 1.56.